The maximum Gasteiger partial charge on any atom is 1.00 e. The van der Waals surface area contributed by atoms with Gasteiger partial charge in [-0.05, 0) is 20.8 Å². The van der Waals surface area contributed by atoms with Crippen molar-refractivity contribution in [1.29, 1.82) is 0 Å². The molecule has 0 atom stereocenters. The van der Waals surface area contributed by atoms with E-state index >= 15 is 0 Å². The summed E-state index contributed by atoms with van der Waals surface area (Å²) in [5.41, 5.74) is 0. The van der Waals surface area contributed by atoms with Crippen molar-refractivity contribution in [3.8, 4) is 0 Å². The van der Waals surface area contributed by atoms with E-state index in [1.807, 2.05) is 0 Å². The standard InChI is InChI=1S/C4H10O3S.BF3.Li/c1-4(2,3)8(5,6)7;2-1(3)4;/h1-3H3,(H,5,6,7);;/q;;+1/p-1. The number of halogens is 3. The first-order chi connectivity index (χ1) is 4.98. The number of rotatable bonds is 0. The van der Waals surface area contributed by atoms with E-state index in [1.165, 1.54) is 20.8 Å². The first kappa shape index (κ1) is 19.0. The van der Waals surface area contributed by atoms with Gasteiger partial charge >= 0.3 is 26.4 Å². The largest absolute Gasteiger partial charge is 1.00 e. The van der Waals surface area contributed by atoms with Crippen LogP contribution in [0.2, 0.25) is 0 Å². The third kappa shape index (κ3) is 15.1. The van der Waals surface area contributed by atoms with E-state index in [-0.39, 0.29) is 18.9 Å². The Morgan fingerprint density at radius 2 is 1.23 bits per heavy atom. The molecule has 0 aromatic heterocycles. The Bertz CT molecular complexity index is 210. The summed E-state index contributed by atoms with van der Waals surface area (Å²) in [4.78, 5) is 0. The molecule has 0 saturated carbocycles. The van der Waals surface area contributed by atoms with E-state index in [2.05, 4.69) is 0 Å². The second-order valence-corrected chi connectivity index (χ2v) is 4.95. The first-order valence-corrected chi connectivity index (χ1v) is 4.27. The summed E-state index contributed by atoms with van der Waals surface area (Å²) in [7, 11) is -7.76. The van der Waals surface area contributed by atoms with Gasteiger partial charge in [0, 0.05) is 0 Å². The van der Waals surface area contributed by atoms with Crippen LogP contribution in [0.3, 0.4) is 0 Å². The Balaban J connectivity index is -0.000000173. The van der Waals surface area contributed by atoms with Crippen LogP contribution in [-0.2, 0) is 10.1 Å². The topological polar surface area (TPSA) is 57.2 Å². The van der Waals surface area contributed by atoms with Crippen LogP contribution < -0.4 is 18.9 Å². The van der Waals surface area contributed by atoms with Crippen molar-refractivity contribution in [3.05, 3.63) is 0 Å². The first-order valence-electron chi connectivity index (χ1n) is 2.86. The Morgan fingerprint density at radius 3 is 1.23 bits per heavy atom. The molecule has 0 bridgehead atoms. The van der Waals surface area contributed by atoms with Crippen molar-refractivity contribution in [2.45, 2.75) is 25.5 Å². The third-order valence-electron chi connectivity index (χ3n) is 0.750. The Morgan fingerprint density at radius 1 is 1.15 bits per heavy atom. The maximum absolute atomic E-state index is 10.1. The smallest absolute Gasteiger partial charge is 0.748 e. The van der Waals surface area contributed by atoms with Crippen LogP contribution in [0, 0.1) is 0 Å². The summed E-state index contributed by atoms with van der Waals surface area (Å²) < 4.78 is 58.1. The van der Waals surface area contributed by atoms with E-state index in [1.54, 1.807) is 0 Å². The van der Waals surface area contributed by atoms with Crippen molar-refractivity contribution in [2.75, 3.05) is 0 Å². The van der Waals surface area contributed by atoms with Crippen LogP contribution in [0.25, 0.3) is 0 Å². The van der Waals surface area contributed by atoms with E-state index in [4.69, 9.17) is 0 Å². The molecule has 0 aromatic rings. The molecule has 0 spiro atoms. The van der Waals surface area contributed by atoms with Gasteiger partial charge in [0.1, 0.15) is 0 Å². The van der Waals surface area contributed by atoms with Crippen LogP contribution in [0.1, 0.15) is 20.8 Å². The van der Waals surface area contributed by atoms with Gasteiger partial charge < -0.3 is 4.55 Å². The zero-order valence-corrected chi connectivity index (χ0v) is 8.66. The Kier molecular flexibility index (Phi) is 9.89. The van der Waals surface area contributed by atoms with Gasteiger partial charge in [-0.25, -0.2) is 8.42 Å². The van der Waals surface area contributed by atoms with Gasteiger partial charge in [0.05, 0.1) is 14.9 Å². The summed E-state index contributed by atoms with van der Waals surface area (Å²) >= 11 is 0. The normalized spacial score (nSPS) is 10.7. The molecule has 0 heterocycles. The molecule has 0 unspecified atom stereocenters. The molecule has 0 saturated heterocycles. The van der Waals surface area contributed by atoms with Gasteiger partial charge in [-0.1, -0.05) is 0 Å². The van der Waals surface area contributed by atoms with E-state index < -0.39 is 22.4 Å². The molecule has 0 radical (unpaired) electrons. The van der Waals surface area contributed by atoms with Crippen molar-refractivity contribution >= 4 is 17.7 Å². The number of hydrogen-bond donors (Lipinski definition) is 0. The summed E-state index contributed by atoms with van der Waals surface area (Å²) in [6.07, 6.45) is 0. The van der Waals surface area contributed by atoms with Gasteiger partial charge in [-0.2, -0.15) is 0 Å². The molecule has 74 valence electrons. The second-order valence-electron chi connectivity index (χ2n) is 2.81. The van der Waals surface area contributed by atoms with Gasteiger partial charge in [-0.15, -0.1) is 0 Å². The van der Waals surface area contributed by atoms with Gasteiger partial charge in [0.2, 0.25) is 0 Å². The molecule has 0 aliphatic rings. The predicted octanol–water partition coefficient (Wildman–Crippen LogP) is -1.79. The van der Waals surface area contributed by atoms with E-state index in [9.17, 15) is 25.9 Å². The molecule has 9 heteroatoms. The summed E-state index contributed by atoms with van der Waals surface area (Å²) in [5.74, 6) is 0. The molecule has 13 heavy (non-hydrogen) atoms. The number of hydrogen-bond acceptors (Lipinski definition) is 3. The Labute approximate surface area is 88.2 Å². The maximum atomic E-state index is 10.1. The zero-order chi connectivity index (χ0) is 10.6. The zero-order valence-electron chi connectivity index (χ0n) is 7.84. The molecule has 0 amide bonds. The van der Waals surface area contributed by atoms with Gasteiger partial charge in [0.15, 0.2) is 0 Å². The summed E-state index contributed by atoms with van der Waals surface area (Å²) in [5, 5.41) is 0. The molecule has 0 N–H and O–H groups in total. The van der Waals surface area contributed by atoms with E-state index in [0.29, 0.717) is 0 Å². The van der Waals surface area contributed by atoms with Crippen LogP contribution in [0.15, 0.2) is 0 Å². The summed E-state index contributed by atoms with van der Waals surface area (Å²) in [6.45, 7) is 4.11. The van der Waals surface area contributed by atoms with Gasteiger partial charge in [0.25, 0.3) is 0 Å². The van der Waals surface area contributed by atoms with Gasteiger partial charge in [-0.3, -0.25) is 12.9 Å². The average molecular weight is 212 g/mol. The average Bonchev–Trinajstić information content (AvgIpc) is 1.55. The summed E-state index contributed by atoms with van der Waals surface area (Å²) in [6, 6.07) is 0. The molecule has 0 aliphatic heterocycles. The van der Waals surface area contributed by atoms with Crippen molar-refractivity contribution in [3.63, 3.8) is 0 Å². The molecule has 0 aliphatic carbocycles. The molecule has 0 rings (SSSR count). The minimum atomic E-state index is -4.09. The van der Waals surface area contributed by atoms with Crippen molar-refractivity contribution < 1.29 is 44.8 Å². The fourth-order valence-corrected chi connectivity index (χ4v) is 0. The van der Waals surface area contributed by atoms with Crippen LogP contribution in [-0.4, -0.2) is 25.3 Å². The fourth-order valence-electron chi connectivity index (χ4n) is 0. The monoisotopic (exact) mass is 212 g/mol. The predicted molar refractivity (Wildman–Crippen MR) is 38.5 cm³/mol. The van der Waals surface area contributed by atoms with Crippen molar-refractivity contribution in [2.24, 2.45) is 0 Å². The molecule has 0 aromatic carbocycles. The molecule has 3 nitrogen and oxygen atoms in total. The SMILES string of the molecule is CC(C)(C)S(=O)(=O)[O-].FB(F)F.[Li+]. The molecular weight excluding hydrogens is 203 g/mol. The Hall–Kier alpha value is 0.362. The minimum Gasteiger partial charge on any atom is -0.748 e. The molecular formula is C4H9BF3LiO3S. The van der Waals surface area contributed by atoms with E-state index in [0.717, 1.165) is 0 Å². The van der Waals surface area contributed by atoms with Crippen LogP contribution in [0.4, 0.5) is 12.9 Å². The molecule has 0 fully saturated rings. The third-order valence-corrected chi connectivity index (χ3v) is 2.25. The quantitative estimate of drug-likeness (QED) is 0.352. The van der Waals surface area contributed by atoms with Crippen molar-refractivity contribution in [1.82, 2.24) is 0 Å². The van der Waals surface area contributed by atoms with Crippen LogP contribution >= 0.6 is 0 Å². The fraction of sp³-hybridized carbons (Fsp3) is 1.00. The minimum absolute atomic E-state index is 0. The second kappa shape index (κ2) is 6.76. The van der Waals surface area contributed by atoms with Crippen LogP contribution in [0.5, 0.6) is 0 Å².